The number of halogens is 3. The van der Waals surface area contributed by atoms with Gasteiger partial charge in [-0.25, -0.2) is 0 Å². The SMILES string of the molecule is O=C(/C=C(/O)C(F)(F)F)N1CCCCC1. The van der Waals surface area contributed by atoms with Crippen molar-refractivity contribution in [2.24, 2.45) is 0 Å². The van der Waals surface area contributed by atoms with Crippen molar-refractivity contribution in [2.75, 3.05) is 13.1 Å². The summed E-state index contributed by atoms with van der Waals surface area (Å²) in [6.45, 7) is 0.918. The molecule has 0 spiro atoms. The van der Waals surface area contributed by atoms with Gasteiger partial charge in [-0.3, -0.25) is 4.79 Å². The molecule has 0 unspecified atom stereocenters. The summed E-state index contributed by atoms with van der Waals surface area (Å²) < 4.78 is 35.7. The highest BCUT2D eigenvalue weighted by molar-refractivity contribution is 5.88. The van der Waals surface area contributed by atoms with E-state index in [4.69, 9.17) is 5.11 Å². The number of hydrogen-bond acceptors (Lipinski definition) is 2. The quantitative estimate of drug-likeness (QED) is 0.545. The Hall–Kier alpha value is -1.20. The molecule has 1 amide bonds. The number of aliphatic hydroxyl groups excluding tert-OH is 1. The summed E-state index contributed by atoms with van der Waals surface area (Å²) in [5, 5.41) is 8.58. The van der Waals surface area contributed by atoms with E-state index < -0.39 is 17.8 Å². The highest BCUT2D eigenvalue weighted by Crippen LogP contribution is 2.23. The zero-order valence-electron chi connectivity index (χ0n) is 8.05. The van der Waals surface area contributed by atoms with E-state index in [2.05, 4.69) is 0 Å². The molecule has 1 N–H and O–H groups in total. The lowest BCUT2D eigenvalue weighted by atomic mass is 10.1. The first kappa shape index (κ1) is 11.9. The van der Waals surface area contributed by atoms with E-state index >= 15 is 0 Å². The van der Waals surface area contributed by atoms with Gasteiger partial charge < -0.3 is 10.0 Å². The molecule has 1 aliphatic heterocycles. The van der Waals surface area contributed by atoms with E-state index in [9.17, 15) is 18.0 Å². The van der Waals surface area contributed by atoms with Crippen LogP contribution in [0.3, 0.4) is 0 Å². The Labute approximate surface area is 85.2 Å². The predicted molar refractivity (Wildman–Crippen MR) is 47.2 cm³/mol. The van der Waals surface area contributed by atoms with Gasteiger partial charge in [0.2, 0.25) is 11.7 Å². The van der Waals surface area contributed by atoms with Gasteiger partial charge in [0.25, 0.3) is 0 Å². The number of nitrogens with zero attached hydrogens (tertiary/aromatic N) is 1. The molecule has 1 aliphatic rings. The van der Waals surface area contributed by atoms with E-state index in [1.807, 2.05) is 0 Å². The molecule has 1 saturated heterocycles. The van der Waals surface area contributed by atoms with Gasteiger partial charge in [-0.2, -0.15) is 13.2 Å². The van der Waals surface area contributed by atoms with Gasteiger partial charge in [0, 0.05) is 13.1 Å². The Morgan fingerprint density at radius 1 is 1.20 bits per heavy atom. The molecule has 0 saturated carbocycles. The van der Waals surface area contributed by atoms with E-state index in [0.717, 1.165) is 19.3 Å². The van der Waals surface area contributed by atoms with Crippen LogP contribution in [0.25, 0.3) is 0 Å². The number of amides is 1. The molecule has 1 fully saturated rings. The highest BCUT2D eigenvalue weighted by Gasteiger charge is 2.34. The number of alkyl halides is 3. The van der Waals surface area contributed by atoms with Crippen molar-refractivity contribution in [3.05, 3.63) is 11.8 Å². The standard InChI is InChI=1S/C9H12F3NO2/c10-9(11,12)7(14)6-8(15)13-4-2-1-3-5-13/h6,14H,1-5H2/b7-6+. The zero-order valence-corrected chi connectivity index (χ0v) is 8.05. The highest BCUT2D eigenvalue weighted by atomic mass is 19.4. The average molecular weight is 223 g/mol. The molecule has 0 aromatic rings. The van der Waals surface area contributed by atoms with Gasteiger partial charge in [0.1, 0.15) is 0 Å². The van der Waals surface area contributed by atoms with Crippen LogP contribution in [0.5, 0.6) is 0 Å². The van der Waals surface area contributed by atoms with E-state index in [1.54, 1.807) is 0 Å². The van der Waals surface area contributed by atoms with E-state index in [1.165, 1.54) is 4.90 Å². The van der Waals surface area contributed by atoms with Crippen molar-refractivity contribution >= 4 is 5.91 Å². The number of allylic oxidation sites excluding steroid dienone is 1. The summed E-state index contributed by atoms with van der Waals surface area (Å²) in [6.07, 6.45) is -2.02. The summed E-state index contributed by atoms with van der Waals surface area (Å²) in [5.74, 6) is -2.61. The maximum atomic E-state index is 11.9. The first-order valence-electron chi connectivity index (χ1n) is 4.68. The number of rotatable bonds is 1. The maximum Gasteiger partial charge on any atom is 0.448 e. The fourth-order valence-electron chi connectivity index (χ4n) is 1.40. The summed E-state index contributed by atoms with van der Waals surface area (Å²) in [5.41, 5.74) is 0. The average Bonchev–Trinajstić information content (AvgIpc) is 2.17. The zero-order chi connectivity index (χ0) is 11.5. The van der Waals surface area contributed by atoms with Crippen LogP contribution in [0.15, 0.2) is 11.8 Å². The third-order valence-corrected chi connectivity index (χ3v) is 2.22. The fourth-order valence-corrected chi connectivity index (χ4v) is 1.40. The maximum absolute atomic E-state index is 11.9. The molecule has 86 valence electrons. The van der Waals surface area contributed by atoms with Crippen LogP contribution in [0.1, 0.15) is 19.3 Å². The van der Waals surface area contributed by atoms with Crippen LogP contribution in [0.2, 0.25) is 0 Å². The minimum atomic E-state index is -4.84. The van der Waals surface area contributed by atoms with Crippen LogP contribution in [0.4, 0.5) is 13.2 Å². The van der Waals surface area contributed by atoms with Gasteiger partial charge in [-0.1, -0.05) is 0 Å². The summed E-state index contributed by atoms with van der Waals surface area (Å²) in [7, 11) is 0. The number of carbonyl (C=O) groups is 1. The molecule has 0 radical (unpaired) electrons. The molecule has 0 aliphatic carbocycles. The molecule has 0 bridgehead atoms. The molecule has 1 rings (SSSR count). The monoisotopic (exact) mass is 223 g/mol. The Morgan fingerprint density at radius 3 is 2.20 bits per heavy atom. The molecule has 6 heteroatoms. The molecule has 1 heterocycles. The van der Waals surface area contributed by atoms with Crippen molar-refractivity contribution in [3.63, 3.8) is 0 Å². The normalized spacial score (nSPS) is 19.1. The van der Waals surface area contributed by atoms with Crippen molar-refractivity contribution in [1.29, 1.82) is 0 Å². The van der Waals surface area contributed by atoms with Gasteiger partial charge >= 0.3 is 6.18 Å². The molecule has 0 aromatic carbocycles. The second kappa shape index (κ2) is 4.55. The van der Waals surface area contributed by atoms with E-state index in [0.29, 0.717) is 13.1 Å². The van der Waals surface area contributed by atoms with Gasteiger partial charge in [-0.05, 0) is 19.3 Å². The molecule has 0 aromatic heterocycles. The third kappa shape index (κ3) is 3.45. The second-order valence-corrected chi connectivity index (χ2v) is 3.41. The number of likely N-dealkylation sites (tertiary alicyclic amines) is 1. The summed E-state index contributed by atoms with van der Waals surface area (Å²) in [6, 6.07) is 0. The van der Waals surface area contributed by atoms with Crippen LogP contribution in [0, 0.1) is 0 Å². The minimum absolute atomic E-state index is 0.241. The van der Waals surface area contributed by atoms with Crippen molar-refractivity contribution in [3.8, 4) is 0 Å². The smallest absolute Gasteiger partial charge is 0.448 e. The Kier molecular flexibility index (Phi) is 3.60. The van der Waals surface area contributed by atoms with Crippen LogP contribution < -0.4 is 0 Å². The first-order chi connectivity index (χ1) is 6.91. The lowest BCUT2D eigenvalue weighted by molar-refractivity contribution is -0.132. The molecule has 15 heavy (non-hydrogen) atoms. The molecule has 3 nitrogen and oxygen atoms in total. The molecule has 0 atom stereocenters. The third-order valence-electron chi connectivity index (χ3n) is 2.22. The lowest BCUT2D eigenvalue weighted by Gasteiger charge is -2.25. The first-order valence-corrected chi connectivity index (χ1v) is 4.68. The number of aliphatic hydroxyl groups is 1. The van der Waals surface area contributed by atoms with Crippen molar-refractivity contribution < 1.29 is 23.1 Å². The number of hydrogen-bond donors (Lipinski definition) is 1. The van der Waals surface area contributed by atoms with Gasteiger partial charge in [0.05, 0.1) is 6.08 Å². The summed E-state index contributed by atoms with van der Waals surface area (Å²) >= 11 is 0. The number of piperidine rings is 1. The van der Waals surface area contributed by atoms with Crippen LogP contribution >= 0.6 is 0 Å². The number of carbonyl (C=O) groups excluding carboxylic acids is 1. The predicted octanol–water partition coefficient (Wildman–Crippen LogP) is 2.00. The lowest BCUT2D eigenvalue weighted by Crippen LogP contribution is -2.35. The van der Waals surface area contributed by atoms with Crippen LogP contribution in [-0.4, -0.2) is 35.2 Å². The Morgan fingerprint density at radius 2 is 1.73 bits per heavy atom. The Bertz CT molecular complexity index is 267. The molecular formula is C9H12F3NO2. The fraction of sp³-hybridized carbons (Fsp3) is 0.667. The minimum Gasteiger partial charge on any atom is -0.504 e. The van der Waals surface area contributed by atoms with Gasteiger partial charge in [-0.15, -0.1) is 0 Å². The molecular weight excluding hydrogens is 211 g/mol. The van der Waals surface area contributed by atoms with Crippen molar-refractivity contribution in [1.82, 2.24) is 4.90 Å². The van der Waals surface area contributed by atoms with Crippen molar-refractivity contribution in [2.45, 2.75) is 25.4 Å². The summed E-state index contributed by atoms with van der Waals surface area (Å²) in [4.78, 5) is 12.6. The van der Waals surface area contributed by atoms with E-state index in [-0.39, 0.29) is 6.08 Å². The Balaban J connectivity index is 2.60. The van der Waals surface area contributed by atoms with Crippen LogP contribution in [-0.2, 0) is 4.79 Å². The topological polar surface area (TPSA) is 40.5 Å². The largest absolute Gasteiger partial charge is 0.504 e. The second-order valence-electron chi connectivity index (χ2n) is 3.41. The van der Waals surface area contributed by atoms with Gasteiger partial charge in [0.15, 0.2) is 0 Å².